The van der Waals surface area contributed by atoms with E-state index in [1.54, 1.807) is 18.0 Å². The van der Waals surface area contributed by atoms with Crippen molar-refractivity contribution in [1.82, 2.24) is 4.98 Å². The Morgan fingerprint density at radius 3 is 2.92 bits per heavy atom. The van der Waals surface area contributed by atoms with Crippen LogP contribution in [0.4, 0.5) is 0 Å². The molecule has 0 saturated carbocycles. The third kappa shape index (κ3) is 4.50. The minimum Gasteiger partial charge on any atom is -0.328 e. The van der Waals surface area contributed by atoms with Gasteiger partial charge in [-0.05, 0) is 25.5 Å². The summed E-state index contributed by atoms with van der Waals surface area (Å²) in [5.41, 5.74) is 5.63. The zero-order chi connectivity index (χ0) is 9.68. The lowest BCUT2D eigenvalue weighted by atomic mass is 10.3. The van der Waals surface area contributed by atoms with Gasteiger partial charge in [0.25, 0.3) is 0 Å². The third-order valence-electron chi connectivity index (χ3n) is 1.52. The van der Waals surface area contributed by atoms with Gasteiger partial charge in [-0.1, -0.05) is 11.6 Å². The van der Waals surface area contributed by atoms with Gasteiger partial charge in [-0.2, -0.15) is 0 Å². The summed E-state index contributed by atoms with van der Waals surface area (Å²) in [6, 6.07) is 4.04. The number of hydrogen-bond acceptors (Lipinski definition) is 3. The molecule has 13 heavy (non-hydrogen) atoms. The molecule has 1 heterocycles. The summed E-state index contributed by atoms with van der Waals surface area (Å²) in [6.07, 6.45) is 2.67. The van der Waals surface area contributed by atoms with Crippen LogP contribution in [0.3, 0.4) is 0 Å². The summed E-state index contributed by atoms with van der Waals surface area (Å²) in [5.74, 6) is 1.01. The first-order chi connectivity index (χ1) is 6.18. The maximum absolute atomic E-state index is 5.70. The molecule has 72 valence electrons. The van der Waals surface area contributed by atoms with Crippen LogP contribution in [0, 0.1) is 0 Å². The second kappa shape index (κ2) is 5.47. The standard InChI is InChI=1S/C9H13ClN2S/c1-7(11)4-5-13-9-3-2-8(10)6-12-9/h2-3,6-7H,4-5,11H2,1H3. The molecule has 1 unspecified atom stereocenters. The monoisotopic (exact) mass is 216 g/mol. The number of rotatable bonds is 4. The van der Waals surface area contributed by atoms with Gasteiger partial charge in [0, 0.05) is 18.0 Å². The van der Waals surface area contributed by atoms with E-state index < -0.39 is 0 Å². The quantitative estimate of drug-likeness (QED) is 0.787. The van der Waals surface area contributed by atoms with Crippen LogP contribution in [0.2, 0.25) is 5.02 Å². The fourth-order valence-electron chi connectivity index (χ4n) is 0.797. The van der Waals surface area contributed by atoms with Gasteiger partial charge in [-0.15, -0.1) is 11.8 Å². The summed E-state index contributed by atoms with van der Waals surface area (Å²) in [6.45, 7) is 2.01. The Hall–Kier alpha value is -0.250. The maximum atomic E-state index is 5.70. The van der Waals surface area contributed by atoms with E-state index >= 15 is 0 Å². The van der Waals surface area contributed by atoms with E-state index in [0.717, 1.165) is 17.2 Å². The first kappa shape index (κ1) is 10.8. The SMILES string of the molecule is CC(N)CCSc1ccc(Cl)cn1. The molecule has 0 aliphatic heterocycles. The zero-order valence-corrected chi connectivity index (χ0v) is 9.11. The van der Waals surface area contributed by atoms with E-state index in [4.69, 9.17) is 17.3 Å². The van der Waals surface area contributed by atoms with Crippen LogP contribution in [0.15, 0.2) is 23.4 Å². The highest BCUT2D eigenvalue weighted by Gasteiger charge is 1.97. The first-order valence-corrected chi connectivity index (χ1v) is 5.55. The molecular formula is C9H13ClN2S. The van der Waals surface area contributed by atoms with Gasteiger partial charge in [0.15, 0.2) is 0 Å². The van der Waals surface area contributed by atoms with E-state index in [0.29, 0.717) is 5.02 Å². The molecule has 0 aromatic carbocycles. The molecule has 0 radical (unpaired) electrons. The van der Waals surface area contributed by atoms with Crippen molar-refractivity contribution < 1.29 is 0 Å². The van der Waals surface area contributed by atoms with Crippen LogP contribution in [0.5, 0.6) is 0 Å². The molecule has 1 atom stereocenters. The molecule has 1 aromatic rings. The number of nitrogens with two attached hydrogens (primary N) is 1. The minimum absolute atomic E-state index is 0.264. The summed E-state index contributed by atoms with van der Waals surface area (Å²) < 4.78 is 0. The predicted octanol–water partition coefficient (Wildman–Crippen LogP) is 2.56. The molecule has 0 aliphatic rings. The smallest absolute Gasteiger partial charge is 0.0960 e. The van der Waals surface area contributed by atoms with Crippen molar-refractivity contribution in [3.8, 4) is 0 Å². The van der Waals surface area contributed by atoms with Crippen molar-refractivity contribution in [2.24, 2.45) is 5.73 Å². The molecule has 0 spiro atoms. The Labute approximate surface area is 87.9 Å². The van der Waals surface area contributed by atoms with Crippen LogP contribution in [0.1, 0.15) is 13.3 Å². The number of halogens is 1. The molecule has 1 rings (SSSR count). The Morgan fingerprint density at radius 1 is 1.62 bits per heavy atom. The summed E-state index contributed by atoms with van der Waals surface area (Å²) in [4.78, 5) is 4.17. The van der Waals surface area contributed by atoms with Crippen molar-refractivity contribution in [2.75, 3.05) is 5.75 Å². The third-order valence-corrected chi connectivity index (χ3v) is 2.72. The second-order valence-electron chi connectivity index (χ2n) is 2.93. The number of aromatic nitrogens is 1. The van der Waals surface area contributed by atoms with Crippen LogP contribution in [0.25, 0.3) is 0 Å². The lowest BCUT2D eigenvalue weighted by Gasteiger charge is -2.03. The molecular weight excluding hydrogens is 204 g/mol. The molecule has 0 fully saturated rings. The molecule has 4 heteroatoms. The number of nitrogens with zero attached hydrogens (tertiary/aromatic N) is 1. The molecule has 1 aromatic heterocycles. The average molecular weight is 217 g/mol. The van der Waals surface area contributed by atoms with Crippen LogP contribution in [-0.4, -0.2) is 16.8 Å². The zero-order valence-electron chi connectivity index (χ0n) is 7.53. The largest absolute Gasteiger partial charge is 0.328 e. The normalized spacial score (nSPS) is 12.8. The highest BCUT2D eigenvalue weighted by Crippen LogP contribution is 2.17. The van der Waals surface area contributed by atoms with Crippen LogP contribution >= 0.6 is 23.4 Å². The average Bonchev–Trinajstić information content (AvgIpc) is 2.08. The van der Waals surface area contributed by atoms with E-state index in [1.807, 2.05) is 19.1 Å². The number of thioether (sulfide) groups is 1. The van der Waals surface area contributed by atoms with E-state index in [2.05, 4.69) is 4.98 Å². The highest BCUT2D eigenvalue weighted by molar-refractivity contribution is 7.99. The minimum atomic E-state index is 0.264. The van der Waals surface area contributed by atoms with Gasteiger partial charge in [0.2, 0.25) is 0 Å². The molecule has 2 N–H and O–H groups in total. The van der Waals surface area contributed by atoms with Crippen molar-refractivity contribution in [3.05, 3.63) is 23.4 Å². The van der Waals surface area contributed by atoms with E-state index in [1.165, 1.54) is 0 Å². The molecule has 0 saturated heterocycles. The Kier molecular flexibility index (Phi) is 4.56. The molecule has 0 aliphatic carbocycles. The predicted molar refractivity (Wildman–Crippen MR) is 58.2 cm³/mol. The number of pyridine rings is 1. The van der Waals surface area contributed by atoms with Gasteiger partial charge in [-0.3, -0.25) is 0 Å². The Morgan fingerprint density at radius 2 is 2.38 bits per heavy atom. The summed E-state index contributed by atoms with van der Waals surface area (Å²) >= 11 is 7.41. The van der Waals surface area contributed by atoms with Gasteiger partial charge in [0.05, 0.1) is 10.0 Å². The topological polar surface area (TPSA) is 38.9 Å². The fourth-order valence-corrected chi connectivity index (χ4v) is 1.90. The lowest BCUT2D eigenvalue weighted by molar-refractivity contribution is 0.721. The van der Waals surface area contributed by atoms with Gasteiger partial charge < -0.3 is 5.73 Å². The summed E-state index contributed by atoms with van der Waals surface area (Å²) in [7, 11) is 0. The first-order valence-electron chi connectivity index (χ1n) is 4.18. The van der Waals surface area contributed by atoms with Gasteiger partial charge >= 0.3 is 0 Å². The number of hydrogen-bond donors (Lipinski definition) is 1. The van der Waals surface area contributed by atoms with Crippen molar-refractivity contribution in [3.63, 3.8) is 0 Å². The van der Waals surface area contributed by atoms with Gasteiger partial charge in [0.1, 0.15) is 0 Å². The molecule has 2 nitrogen and oxygen atoms in total. The maximum Gasteiger partial charge on any atom is 0.0960 e. The molecule has 0 amide bonds. The lowest BCUT2D eigenvalue weighted by Crippen LogP contribution is -2.15. The Bertz CT molecular complexity index is 248. The second-order valence-corrected chi connectivity index (χ2v) is 4.48. The van der Waals surface area contributed by atoms with Crippen molar-refractivity contribution in [1.29, 1.82) is 0 Å². The van der Waals surface area contributed by atoms with E-state index in [9.17, 15) is 0 Å². The summed E-state index contributed by atoms with van der Waals surface area (Å²) in [5, 5.41) is 1.68. The fraction of sp³-hybridized carbons (Fsp3) is 0.444. The van der Waals surface area contributed by atoms with Crippen LogP contribution < -0.4 is 5.73 Å². The van der Waals surface area contributed by atoms with Crippen molar-refractivity contribution in [2.45, 2.75) is 24.4 Å². The Balaban J connectivity index is 2.33. The van der Waals surface area contributed by atoms with Crippen molar-refractivity contribution >= 4 is 23.4 Å². The highest BCUT2D eigenvalue weighted by atomic mass is 35.5. The van der Waals surface area contributed by atoms with E-state index in [-0.39, 0.29) is 6.04 Å². The molecule has 0 bridgehead atoms. The van der Waals surface area contributed by atoms with Gasteiger partial charge in [-0.25, -0.2) is 4.98 Å². The van der Waals surface area contributed by atoms with Crippen LogP contribution in [-0.2, 0) is 0 Å².